The monoisotopic (exact) mass is 483 g/mol. The molecule has 0 amide bonds. The number of aromatic nitrogens is 5. The molecule has 5 rings (SSSR count). The van der Waals surface area contributed by atoms with Gasteiger partial charge in [0.1, 0.15) is 0 Å². The second kappa shape index (κ2) is 8.71. The Balaban J connectivity index is 1.21. The number of aryl methyl sites for hydroxylation is 1. The molecule has 0 saturated carbocycles. The van der Waals surface area contributed by atoms with Gasteiger partial charge in [0.15, 0.2) is 9.84 Å². The third kappa shape index (κ3) is 4.69. The van der Waals surface area contributed by atoms with Crippen LogP contribution >= 0.6 is 11.3 Å². The van der Waals surface area contributed by atoms with Crippen LogP contribution in [0.25, 0.3) is 16.2 Å². The molecule has 0 bridgehead atoms. The Morgan fingerprint density at radius 1 is 1.12 bits per heavy atom. The van der Waals surface area contributed by atoms with E-state index in [1.807, 2.05) is 18.6 Å². The summed E-state index contributed by atoms with van der Waals surface area (Å²) >= 11 is 1.51. The summed E-state index contributed by atoms with van der Waals surface area (Å²) < 4.78 is 25.1. The minimum atomic E-state index is -3.21. The predicted octanol–water partition coefficient (Wildman–Crippen LogP) is 3.29. The number of hydrogen-bond donors (Lipinski definition) is 1. The number of nitrogens with zero attached hydrogens (tertiary/aromatic N) is 6. The molecule has 0 spiro atoms. The van der Waals surface area contributed by atoms with Gasteiger partial charge in [-0.3, -0.25) is 0 Å². The van der Waals surface area contributed by atoms with Crippen LogP contribution in [0.5, 0.6) is 0 Å². The van der Waals surface area contributed by atoms with E-state index in [0.717, 1.165) is 65.2 Å². The van der Waals surface area contributed by atoms with E-state index in [4.69, 9.17) is 0 Å². The average Bonchev–Trinajstić information content (AvgIpc) is 3.38. The molecular weight excluding hydrogens is 458 g/mol. The molecule has 1 fully saturated rings. The van der Waals surface area contributed by atoms with Crippen molar-refractivity contribution in [2.24, 2.45) is 0 Å². The van der Waals surface area contributed by atoms with Gasteiger partial charge in [0.05, 0.1) is 16.8 Å². The highest BCUT2D eigenvalue weighted by Crippen LogP contribution is 2.27. The van der Waals surface area contributed by atoms with Crippen molar-refractivity contribution in [3.63, 3.8) is 0 Å². The first-order chi connectivity index (χ1) is 15.9. The maximum absolute atomic E-state index is 11.7. The second-order valence-corrected chi connectivity index (χ2v) is 11.2. The smallest absolute Gasteiger partial charge is 0.225 e. The largest absolute Gasteiger partial charge is 0.357 e. The van der Waals surface area contributed by atoms with Gasteiger partial charge in [-0.15, -0.1) is 5.10 Å². The number of sulfone groups is 1. The lowest BCUT2D eigenvalue weighted by Gasteiger charge is -2.32. The lowest BCUT2D eigenvalue weighted by atomic mass is 10.1. The van der Waals surface area contributed by atoms with E-state index in [2.05, 4.69) is 37.2 Å². The van der Waals surface area contributed by atoms with Crippen LogP contribution in [0, 0.1) is 0 Å². The third-order valence-corrected chi connectivity index (χ3v) is 7.81. The van der Waals surface area contributed by atoms with Gasteiger partial charge in [-0.1, -0.05) is 30.4 Å². The summed E-state index contributed by atoms with van der Waals surface area (Å²) in [5.41, 5.74) is 2.78. The Bertz CT molecular complexity index is 1320. The zero-order valence-corrected chi connectivity index (χ0v) is 20.1. The Morgan fingerprint density at radius 2 is 1.82 bits per heavy atom. The van der Waals surface area contributed by atoms with Crippen molar-refractivity contribution in [1.82, 2.24) is 24.6 Å². The van der Waals surface area contributed by atoms with E-state index >= 15 is 0 Å². The van der Waals surface area contributed by atoms with E-state index in [-0.39, 0.29) is 0 Å². The molecule has 1 aliphatic heterocycles. The number of nitrogens with one attached hydrogen (secondary N) is 1. The van der Waals surface area contributed by atoms with Gasteiger partial charge >= 0.3 is 0 Å². The lowest BCUT2D eigenvalue weighted by Crippen LogP contribution is -2.40. The molecule has 3 aromatic heterocycles. The van der Waals surface area contributed by atoms with Crippen LogP contribution in [0.1, 0.15) is 25.3 Å². The summed E-state index contributed by atoms with van der Waals surface area (Å²) in [6.07, 6.45) is 9.80. The fraction of sp³-hybridized carbons (Fsp3) is 0.364. The Kier molecular flexibility index (Phi) is 5.75. The summed E-state index contributed by atoms with van der Waals surface area (Å²) in [4.78, 5) is 17.0. The zero-order chi connectivity index (χ0) is 23.0. The Labute approximate surface area is 196 Å². The number of fused-ring (bicyclic) bond motifs is 1. The van der Waals surface area contributed by atoms with Gasteiger partial charge in [-0.05, 0) is 37.0 Å². The molecule has 4 aromatic rings. The zero-order valence-electron chi connectivity index (χ0n) is 18.5. The molecule has 1 aromatic carbocycles. The van der Waals surface area contributed by atoms with Gasteiger partial charge < -0.3 is 10.2 Å². The summed E-state index contributed by atoms with van der Waals surface area (Å²) in [7, 11) is -3.21. The summed E-state index contributed by atoms with van der Waals surface area (Å²) in [5.74, 6) is 0.801. The van der Waals surface area contributed by atoms with Gasteiger partial charge in [0, 0.05) is 43.3 Å². The first kappa shape index (κ1) is 21.8. The third-order valence-electron chi connectivity index (χ3n) is 5.83. The summed E-state index contributed by atoms with van der Waals surface area (Å²) in [5, 5.41) is 9.02. The molecule has 0 unspecified atom stereocenters. The number of anilines is 2. The summed E-state index contributed by atoms with van der Waals surface area (Å²) in [6.45, 7) is 3.91. The molecule has 0 atom stereocenters. The highest BCUT2D eigenvalue weighted by atomic mass is 32.2. The van der Waals surface area contributed by atoms with E-state index < -0.39 is 9.84 Å². The fourth-order valence-corrected chi connectivity index (χ4v) is 5.35. The molecule has 4 heterocycles. The molecule has 0 radical (unpaired) electrons. The van der Waals surface area contributed by atoms with Gasteiger partial charge in [-0.25, -0.2) is 27.9 Å². The van der Waals surface area contributed by atoms with Crippen molar-refractivity contribution in [2.75, 3.05) is 29.6 Å². The van der Waals surface area contributed by atoms with Crippen LogP contribution in [-0.4, -0.2) is 58.4 Å². The van der Waals surface area contributed by atoms with E-state index in [1.165, 1.54) is 17.6 Å². The van der Waals surface area contributed by atoms with Crippen LogP contribution < -0.4 is 10.2 Å². The minimum absolute atomic E-state index is 0.299. The van der Waals surface area contributed by atoms with Gasteiger partial charge in [0.2, 0.25) is 16.0 Å². The number of rotatable bonds is 6. The van der Waals surface area contributed by atoms with Crippen LogP contribution in [0.3, 0.4) is 0 Å². The van der Waals surface area contributed by atoms with Crippen molar-refractivity contribution >= 4 is 37.2 Å². The molecule has 1 N–H and O–H groups in total. The molecule has 1 aliphatic rings. The van der Waals surface area contributed by atoms with Crippen LogP contribution in [-0.2, 0) is 16.3 Å². The average molecular weight is 484 g/mol. The quantitative estimate of drug-likeness (QED) is 0.445. The van der Waals surface area contributed by atoms with E-state index in [9.17, 15) is 8.42 Å². The van der Waals surface area contributed by atoms with Crippen LogP contribution in [0.15, 0.2) is 47.8 Å². The summed E-state index contributed by atoms with van der Waals surface area (Å²) in [6, 6.07) is 7.10. The second-order valence-electron chi connectivity index (χ2n) is 8.21. The normalized spacial score (nSPS) is 15.3. The first-order valence-corrected chi connectivity index (χ1v) is 13.6. The molecule has 11 heteroatoms. The minimum Gasteiger partial charge on any atom is -0.357 e. The maximum Gasteiger partial charge on any atom is 0.225 e. The Hall–Kier alpha value is -3.05. The van der Waals surface area contributed by atoms with E-state index in [1.54, 1.807) is 28.8 Å². The standard InChI is InChI=1S/C22H25N7O2S2/c1-3-15-12-23-20(24-13-15)28-10-8-17(9-11-28)25-21-27-29-14-19(26-22(29)32-21)16-4-6-18(7-5-16)33(2,30)31/h4-7,12-14,17H,3,8-11H2,1-2H3,(H,25,27). The van der Waals surface area contributed by atoms with Crippen molar-refractivity contribution in [3.05, 3.63) is 48.4 Å². The molecule has 0 aliphatic carbocycles. The van der Waals surface area contributed by atoms with Crippen LogP contribution in [0.2, 0.25) is 0 Å². The number of imidazole rings is 1. The molecule has 1 saturated heterocycles. The van der Waals surface area contributed by atoms with Crippen molar-refractivity contribution in [2.45, 2.75) is 37.1 Å². The Morgan fingerprint density at radius 3 is 2.42 bits per heavy atom. The van der Waals surface area contributed by atoms with Crippen molar-refractivity contribution in [1.29, 1.82) is 0 Å². The molecule has 172 valence electrons. The molecule has 33 heavy (non-hydrogen) atoms. The SMILES string of the molecule is CCc1cnc(N2CCC(Nc3nn4cc(-c5ccc(S(C)(=O)=O)cc5)nc4s3)CC2)nc1. The van der Waals surface area contributed by atoms with E-state index in [0.29, 0.717) is 10.9 Å². The highest BCUT2D eigenvalue weighted by Gasteiger charge is 2.22. The molecule has 9 nitrogen and oxygen atoms in total. The van der Waals surface area contributed by atoms with Gasteiger partial charge in [0.25, 0.3) is 0 Å². The predicted molar refractivity (Wildman–Crippen MR) is 130 cm³/mol. The first-order valence-electron chi connectivity index (χ1n) is 10.9. The van der Waals surface area contributed by atoms with Crippen molar-refractivity contribution < 1.29 is 8.42 Å². The number of piperidine rings is 1. The maximum atomic E-state index is 11.7. The lowest BCUT2D eigenvalue weighted by molar-refractivity contribution is 0.519. The van der Waals surface area contributed by atoms with Gasteiger partial charge in [-0.2, -0.15) is 0 Å². The van der Waals surface area contributed by atoms with Crippen LogP contribution in [0.4, 0.5) is 11.1 Å². The number of hydrogen-bond acceptors (Lipinski definition) is 9. The fourth-order valence-electron chi connectivity index (χ4n) is 3.86. The topological polar surface area (TPSA) is 105 Å². The number of benzene rings is 1. The van der Waals surface area contributed by atoms with Crippen molar-refractivity contribution in [3.8, 4) is 11.3 Å². The molecular formula is C22H25N7O2S2. The highest BCUT2D eigenvalue weighted by molar-refractivity contribution is 7.90.